The van der Waals surface area contributed by atoms with E-state index in [4.69, 9.17) is 9.47 Å². The van der Waals surface area contributed by atoms with Crippen molar-refractivity contribution in [2.45, 2.75) is 20.8 Å². The highest BCUT2D eigenvalue weighted by Crippen LogP contribution is 2.59. The van der Waals surface area contributed by atoms with Gasteiger partial charge in [0.25, 0.3) is 0 Å². The zero-order valence-corrected chi connectivity index (χ0v) is 9.09. The van der Waals surface area contributed by atoms with Gasteiger partial charge in [0, 0.05) is 5.41 Å². The number of nitrogens with zero attached hydrogens (tertiary/aromatic N) is 1. The highest BCUT2D eigenvalue weighted by molar-refractivity contribution is 5.19. The molecule has 78 valence electrons. The number of rotatable bonds is 1. The van der Waals surface area contributed by atoms with Crippen molar-refractivity contribution in [3.63, 3.8) is 0 Å². The lowest BCUT2D eigenvalue weighted by Gasteiger charge is -2.61. The lowest BCUT2D eigenvalue weighted by molar-refractivity contribution is -0.282. The highest BCUT2D eigenvalue weighted by atomic mass is 16.5. The van der Waals surface area contributed by atoms with Crippen molar-refractivity contribution < 1.29 is 9.47 Å². The first kappa shape index (κ1) is 9.95. The van der Waals surface area contributed by atoms with Gasteiger partial charge in [0.1, 0.15) is 5.41 Å². The summed E-state index contributed by atoms with van der Waals surface area (Å²) in [5.74, 6) is 0. The van der Waals surface area contributed by atoms with Crippen molar-refractivity contribution >= 4 is 0 Å². The average molecular weight is 195 g/mol. The van der Waals surface area contributed by atoms with Crippen LogP contribution < -0.4 is 0 Å². The van der Waals surface area contributed by atoms with Crippen LogP contribution in [-0.2, 0) is 9.47 Å². The van der Waals surface area contributed by atoms with Gasteiger partial charge >= 0.3 is 0 Å². The molecule has 3 heteroatoms. The fourth-order valence-electron chi connectivity index (χ4n) is 2.49. The first-order valence-corrected chi connectivity index (χ1v) is 5.04. The second-order valence-electron chi connectivity index (χ2n) is 5.51. The molecule has 14 heavy (non-hydrogen) atoms. The molecule has 0 amide bonds. The summed E-state index contributed by atoms with van der Waals surface area (Å²) in [6, 6.07) is 2.46. The van der Waals surface area contributed by atoms with E-state index in [1.165, 1.54) is 0 Å². The van der Waals surface area contributed by atoms with E-state index in [1.807, 2.05) is 0 Å². The van der Waals surface area contributed by atoms with Crippen LogP contribution in [0.3, 0.4) is 0 Å². The van der Waals surface area contributed by atoms with E-state index >= 15 is 0 Å². The standard InChI is InChI=1S/C11H17NO2/c1-9(2,3)11(7-14-8-11)10(4-12)5-13-6-10/h5-8H2,1-3H3. The number of hydrogen-bond donors (Lipinski definition) is 0. The summed E-state index contributed by atoms with van der Waals surface area (Å²) in [6.45, 7) is 9.11. The van der Waals surface area contributed by atoms with Crippen LogP contribution in [0.1, 0.15) is 20.8 Å². The maximum absolute atomic E-state index is 9.31. The largest absolute Gasteiger partial charge is 0.380 e. The third kappa shape index (κ3) is 0.933. The molecule has 0 N–H and O–H groups in total. The van der Waals surface area contributed by atoms with Gasteiger partial charge in [0.05, 0.1) is 32.5 Å². The van der Waals surface area contributed by atoms with Gasteiger partial charge in [-0.05, 0) is 5.41 Å². The van der Waals surface area contributed by atoms with E-state index in [-0.39, 0.29) is 16.2 Å². The molecule has 2 rings (SSSR count). The number of nitriles is 1. The monoisotopic (exact) mass is 195 g/mol. The van der Waals surface area contributed by atoms with Crippen LogP contribution in [0.15, 0.2) is 0 Å². The first-order chi connectivity index (χ1) is 6.47. The van der Waals surface area contributed by atoms with E-state index < -0.39 is 0 Å². The lowest BCUT2D eigenvalue weighted by atomic mass is 9.50. The fourth-order valence-corrected chi connectivity index (χ4v) is 2.49. The van der Waals surface area contributed by atoms with Crippen LogP contribution in [0.5, 0.6) is 0 Å². The predicted octanol–water partition coefficient (Wildman–Crippen LogP) is 1.59. The topological polar surface area (TPSA) is 42.2 Å². The van der Waals surface area contributed by atoms with E-state index in [9.17, 15) is 5.26 Å². The van der Waals surface area contributed by atoms with Gasteiger partial charge in [0.15, 0.2) is 0 Å². The second-order valence-corrected chi connectivity index (χ2v) is 5.51. The molecule has 0 radical (unpaired) electrons. The normalized spacial score (nSPS) is 28.4. The molecule has 0 saturated carbocycles. The molecule has 0 unspecified atom stereocenters. The Balaban J connectivity index is 2.33. The Morgan fingerprint density at radius 2 is 1.57 bits per heavy atom. The molecule has 2 aliphatic heterocycles. The van der Waals surface area contributed by atoms with Crippen LogP contribution in [0, 0.1) is 27.6 Å². The Morgan fingerprint density at radius 3 is 1.64 bits per heavy atom. The summed E-state index contributed by atoms with van der Waals surface area (Å²) in [5.41, 5.74) is -0.207. The molecular weight excluding hydrogens is 178 g/mol. The van der Waals surface area contributed by atoms with Gasteiger partial charge in [-0.2, -0.15) is 5.26 Å². The van der Waals surface area contributed by atoms with Gasteiger partial charge in [-0.3, -0.25) is 0 Å². The molecular formula is C11H17NO2. The Kier molecular flexibility index (Phi) is 1.93. The van der Waals surface area contributed by atoms with Crippen molar-refractivity contribution in [1.29, 1.82) is 5.26 Å². The SMILES string of the molecule is CC(C)(C)C1(C2(C#N)COC2)COC1. The van der Waals surface area contributed by atoms with Gasteiger partial charge < -0.3 is 9.47 Å². The van der Waals surface area contributed by atoms with E-state index in [0.717, 1.165) is 0 Å². The van der Waals surface area contributed by atoms with Gasteiger partial charge in [-0.1, -0.05) is 20.8 Å². The molecule has 2 saturated heterocycles. The molecule has 2 heterocycles. The molecule has 2 aliphatic rings. The quantitative estimate of drug-likeness (QED) is 0.638. The Morgan fingerprint density at radius 1 is 1.07 bits per heavy atom. The van der Waals surface area contributed by atoms with Crippen LogP contribution in [-0.4, -0.2) is 26.4 Å². The molecule has 0 aromatic rings. The van der Waals surface area contributed by atoms with Crippen molar-refractivity contribution in [2.24, 2.45) is 16.2 Å². The molecule has 2 fully saturated rings. The minimum Gasteiger partial charge on any atom is -0.380 e. The molecule has 3 nitrogen and oxygen atoms in total. The molecule has 0 atom stereocenters. The van der Waals surface area contributed by atoms with Crippen molar-refractivity contribution in [1.82, 2.24) is 0 Å². The predicted molar refractivity (Wildman–Crippen MR) is 51.6 cm³/mol. The molecule has 0 aliphatic carbocycles. The molecule has 0 aromatic carbocycles. The van der Waals surface area contributed by atoms with Crippen molar-refractivity contribution in [2.75, 3.05) is 26.4 Å². The molecule has 0 bridgehead atoms. The average Bonchev–Trinajstić information content (AvgIpc) is 1.89. The highest BCUT2D eigenvalue weighted by Gasteiger charge is 2.65. The minimum atomic E-state index is -0.302. The lowest BCUT2D eigenvalue weighted by Crippen LogP contribution is -2.68. The van der Waals surface area contributed by atoms with E-state index in [2.05, 4.69) is 26.8 Å². The number of hydrogen-bond acceptors (Lipinski definition) is 3. The first-order valence-electron chi connectivity index (χ1n) is 5.04. The van der Waals surface area contributed by atoms with Gasteiger partial charge in [0.2, 0.25) is 0 Å². The molecule has 0 aromatic heterocycles. The van der Waals surface area contributed by atoms with Crippen LogP contribution >= 0.6 is 0 Å². The minimum absolute atomic E-state index is 0.00694. The van der Waals surface area contributed by atoms with E-state index in [1.54, 1.807) is 0 Å². The summed E-state index contributed by atoms with van der Waals surface area (Å²) < 4.78 is 10.6. The second kappa shape index (κ2) is 2.71. The van der Waals surface area contributed by atoms with Crippen LogP contribution in [0.25, 0.3) is 0 Å². The fraction of sp³-hybridized carbons (Fsp3) is 0.909. The van der Waals surface area contributed by atoms with Crippen molar-refractivity contribution in [3.8, 4) is 6.07 Å². The smallest absolute Gasteiger partial charge is 0.114 e. The van der Waals surface area contributed by atoms with Gasteiger partial charge in [-0.15, -0.1) is 0 Å². The summed E-state index contributed by atoms with van der Waals surface area (Å²) >= 11 is 0. The maximum atomic E-state index is 9.31. The molecule has 0 spiro atoms. The number of ether oxygens (including phenoxy) is 2. The Hall–Kier alpha value is -0.590. The third-order valence-corrected chi connectivity index (χ3v) is 3.96. The van der Waals surface area contributed by atoms with Crippen molar-refractivity contribution in [3.05, 3.63) is 0 Å². The summed E-state index contributed by atoms with van der Waals surface area (Å²) in [5, 5.41) is 9.31. The zero-order chi connectivity index (χ0) is 10.4. The summed E-state index contributed by atoms with van der Waals surface area (Å²) in [6.07, 6.45) is 0. The van der Waals surface area contributed by atoms with Gasteiger partial charge in [-0.25, -0.2) is 0 Å². The third-order valence-electron chi connectivity index (χ3n) is 3.96. The Bertz CT molecular complexity index is 277. The van der Waals surface area contributed by atoms with E-state index in [0.29, 0.717) is 26.4 Å². The summed E-state index contributed by atoms with van der Waals surface area (Å²) in [7, 11) is 0. The van der Waals surface area contributed by atoms with Crippen LogP contribution in [0.2, 0.25) is 0 Å². The summed E-state index contributed by atoms with van der Waals surface area (Å²) in [4.78, 5) is 0. The van der Waals surface area contributed by atoms with Crippen LogP contribution in [0.4, 0.5) is 0 Å². The Labute approximate surface area is 85.0 Å². The maximum Gasteiger partial charge on any atom is 0.114 e. The zero-order valence-electron chi connectivity index (χ0n) is 9.09.